The quantitative estimate of drug-likeness (QED) is 0.852. The van der Waals surface area contributed by atoms with Crippen molar-refractivity contribution in [2.75, 3.05) is 12.4 Å². The summed E-state index contributed by atoms with van der Waals surface area (Å²) in [5.41, 5.74) is 1.11. The number of hydrogen-bond acceptors (Lipinski definition) is 7. The lowest BCUT2D eigenvalue weighted by Crippen LogP contribution is -2.33. The predicted molar refractivity (Wildman–Crippen MR) is 96.0 cm³/mol. The summed E-state index contributed by atoms with van der Waals surface area (Å²) < 4.78 is 11.0. The summed E-state index contributed by atoms with van der Waals surface area (Å²) in [5, 5.41) is 8.96. The normalized spacial score (nSPS) is 23.6. The molecular formula is C17H23N5O2S. The molecule has 0 aliphatic heterocycles. The van der Waals surface area contributed by atoms with Crippen molar-refractivity contribution in [3.8, 4) is 0 Å². The number of nitrogens with one attached hydrogen (secondary N) is 1. The third-order valence-corrected chi connectivity index (χ3v) is 5.64. The fourth-order valence-corrected chi connectivity index (χ4v) is 4.09. The lowest BCUT2D eigenvalue weighted by Gasteiger charge is -2.29. The summed E-state index contributed by atoms with van der Waals surface area (Å²) in [7, 11) is 1.64. The Morgan fingerprint density at radius 1 is 1.24 bits per heavy atom. The zero-order valence-electron chi connectivity index (χ0n) is 14.4. The molecule has 0 atom stereocenters. The predicted octanol–water partition coefficient (Wildman–Crippen LogP) is 2.71. The maximum Gasteiger partial charge on any atom is 0.267 e. The van der Waals surface area contributed by atoms with E-state index < -0.39 is 0 Å². The monoisotopic (exact) mass is 361 g/mol. The van der Waals surface area contributed by atoms with Crippen LogP contribution in [0.5, 0.6) is 0 Å². The fourth-order valence-electron chi connectivity index (χ4n) is 3.44. The van der Waals surface area contributed by atoms with Crippen LogP contribution in [-0.2, 0) is 11.3 Å². The van der Waals surface area contributed by atoms with Crippen LogP contribution in [0.4, 0.5) is 5.13 Å². The lowest BCUT2D eigenvalue weighted by atomic mass is 9.91. The van der Waals surface area contributed by atoms with Crippen LogP contribution < -0.4 is 10.9 Å². The molecule has 8 heteroatoms. The summed E-state index contributed by atoms with van der Waals surface area (Å²) >= 11 is 1.38. The van der Waals surface area contributed by atoms with Crippen molar-refractivity contribution in [3.63, 3.8) is 0 Å². The van der Waals surface area contributed by atoms with Crippen LogP contribution in [0.15, 0.2) is 16.9 Å². The molecule has 2 aliphatic carbocycles. The van der Waals surface area contributed by atoms with Crippen molar-refractivity contribution in [1.82, 2.24) is 19.1 Å². The average Bonchev–Trinajstić information content (AvgIpc) is 3.38. The molecule has 0 radical (unpaired) electrons. The van der Waals surface area contributed by atoms with E-state index in [1.807, 2.05) is 6.07 Å². The second kappa shape index (κ2) is 7.21. The molecule has 1 N–H and O–H groups in total. The van der Waals surface area contributed by atoms with Gasteiger partial charge in [0.1, 0.15) is 6.61 Å². The topological polar surface area (TPSA) is 81.9 Å². The molecule has 0 bridgehead atoms. The first-order chi connectivity index (χ1) is 12.2. The van der Waals surface area contributed by atoms with E-state index in [0.717, 1.165) is 42.3 Å². The summed E-state index contributed by atoms with van der Waals surface area (Å²) in [6.07, 6.45) is 6.34. The summed E-state index contributed by atoms with van der Waals surface area (Å²) in [6.45, 7) is 0.441. The van der Waals surface area contributed by atoms with Crippen molar-refractivity contribution >= 4 is 16.7 Å². The molecule has 0 saturated heterocycles. The minimum absolute atomic E-state index is 0.0224. The van der Waals surface area contributed by atoms with E-state index in [-0.39, 0.29) is 11.6 Å². The molecule has 2 fully saturated rings. The molecule has 7 nitrogen and oxygen atoms in total. The van der Waals surface area contributed by atoms with Gasteiger partial charge in [0.05, 0.1) is 11.7 Å². The highest BCUT2D eigenvalue weighted by Gasteiger charge is 2.28. The van der Waals surface area contributed by atoms with Gasteiger partial charge in [-0.05, 0) is 44.6 Å². The highest BCUT2D eigenvalue weighted by atomic mass is 32.1. The maximum atomic E-state index is 12.2. The molecule has 2 aromatic heterocycles. The first kappa shape index (κ1) is 16.7. The van der Waals surface area contributed by atoms with E-state index in [1.54, 1.807) is 17.9 Å². The summed E-state index contributed by atoms with van der Waals surface area (Å²) in [6, 6.07) is 4.17. The molecule has 2 heterocycles. The Balaban J connectivity index is 1.36. The van der Waals surface area contributed by atoms with Gasteiger partial charge in [-0.25, -0.2) is 9.67 Å². The largest absolute Gasteiger partial charge is 0.377 e. The van der Waals surface area contributed by atoms with Crippen molar-refractivity contribution in [3.05, 3.63) is 34.0 Å². The number of ether oxygens (including phenoxy) is 1. The molecule has 2 aliphatic rings. The summed E-state index contributed by atoms with van der Waals surface area (Å²) in [4.78, 5) is 16.6. The van der Waals surface area contributed by atoms with Crippen LogP contribution in [0.25, 0.3) is 0 Å². The standard InChI is InChI=1S/C17H23N5O2S/c1-24-10-15-19-17(25-21-15)18-12-4-6-13(7-5-12)22-16(23)9-8-14(20-22)11-2-3-11/h8-9,11-13H,2-7,10H2,1H3,(H,18,19,21). The highest BCUT2D eigenvalue weighted by molar-refractivity contribution is 7.09. The third kappa shape index (κ3) is 3.90. The maximum absolute atomic E-state index is 12.2. The Kier molecular flexibility index (Phi) is 4.80. The van der Waals surface area contributed by atoms with Gasteiger partial charge in [0.15, 0.2) is 5.82 Å². The molecule has 0 spiro atoms. The molecule has 2 saturated carbocycles. The Morgan fingerprint density at radius 2 is 2.04 bits per heavy atom. The van der Waals surface area contributed by atoms with Crippen LogP contribution in [0, 0.1) is 0 Å². The number of rotatable bonds is 6. The van der Waals surface area contributed by atoms with Gasteiger partial charge in [0, 0.05) is 36.7 Å². The number of anilines is 1. The molecular weight excluding hydrogens is 338 g/mol. The third-order valence-electron chi connectivity index (χ3n) is 4.95. The van der Waals surface area contributed by atoms with Gasteiger partial charge in [-0.3, -0.25) is 4.79 Å². The first-order valence-electron chi connectivity index (χ1n) is 8.91. The van der Waals surface area contributed by atoms with Crippen molar-refractivity contribution < 1.29 is 4.74 Å². The fraction of sp³-hybridized carbons (Fsp3) is 0.647. The van der Waals surface area contributed by atoms with Gasteiger partial charge >= 0.3 is 0 Å². The number of methoxy groups -OCH3 is 1. The Hall–Kier alpha value is -1.80. The van der Waals surface area contributed by atoms with Gasteiger partial charge < -0.3 is 10.1 Å². The minimum Gasteiger partial charge on any atom is -0.377 e. The van der Waals surface area contributed by atoms with E-state index in [0.29, 0.717) is 18.6 Å². The zero-order valence-corrected chi connectivity index (χ0v) is 15.2. The van der Waals surface area contributed by atoms with Crippen LogP contribution in [0.3, 0.4) is 0 Å². The average molecular weight is 361 g/mol. The van der Waals surface area contributed by atoms with Gasteiger partial charge in [-0.1, -0.05) is 0 Å². The Bertz CT molecular complexity index is 777. The van der Waals surface area contributed by atoms with Crippen LogP contribution in [-0.4, -0.2) is 32.3 Å². The molecule has 2 aromatic rings. The minimum atomic E-state index is 0.0224. The van der Waals surface area contributed by atoms with E-state index in [9.17, 15) is 4.79 Å². The number of aromatic nitrogens is 4. The molecule has 0 aromatic carbocycles. The number of hydrogen-bond donors (Lipinski definition) is 1. The van der Waals surface area contributed by atoms with E-state index >= 15 is 0 Å². The number of nitrogens with zero attached hydrogens (tertiary/aromatic N) is 4. The van der Waals surface area contributed by atoms with E-state index in [1.165, 1.54) is 24.4 Å². The molecule has 0 amide bonds. The second-order valence-electron chi connectivity index (χ2n) is 6.91. The highest BCUT2D eigenvalue weighted by Crippen LogP contribution is 2.38. The lowest BCUT2D eigenvalue weighted by molar-refractivity contribution is 0.179. The van der Waals surface area contributed by atoms with Crippen LogP contribution >= 0.6 is 11.5 Å². The SMILES string of the molecule is COCc1nsc(NC2CCC(n3nc(C4CC4)ccc3=O)CC2)n1. The van der Waals surface area contributed by atoms with Gasteiger partial charge in [0.2, 0.25) is 5.13 Å². The van der Waals surface area contributed by atoms with Crippen molar-refractivity contribution in [2.24, 2.45) is 0 Å². The first-order valence-corrected chi connectivity index (χ1v) is 9.68. The van der Waals surface area contributed by atoms with Crippen LogP contribution in [0.1, 0.15) is 62.0 Å². The Morgan fingerprint density at radius 3 is 2.76 bits per heavy atom. The summed E-state index contributed by atoms with van der Waals surface area (Å²) in [5.74, 6) is 1.29. The second-order valence-corrected chi connectivity index (χ2v) is 7.67. The van der Waals surface area contributed by atoms with Gasteiger partial charge in [-0.2, -0.15) is 9.47 Å². The Labute approximate surface area is 150 Å². The molecule has 25 heavy (non-hydrogen) atoms. The van der Waals surface area contributed by atoms with Crippen molar-refractivity contribution in [1.29, 1.82) is 0 Å². The molecule has 4 rings (SSSR count). The zero-order chi connectivity index (χ0) is 17.2. The van der Waals surface area contributed by atoms with Gasteiger partial charge in [0.25, 0.3) is 5.56 Å². The molecule has 0 unspecified atom stereocenters. The van der Waals surface area contributed by atoms with E-state index in [4.69, 9.17) is 4.74 Å². The van der Waals surface area contributed by atoms with Gasteiger partial charge in [-0.15, -0.1) is 0 Å². The van der Waals surface area contributed by atoms with E-state index in [2.05, 4.69) is 19.8 Å². The van der Waals surface area contributed by atoms with Crippen molar-refractivity contribution in [2.45, 2.75) is 63.1 Å². The smallest absolute Gasteiger partial charge is 0.267 e. The van der Waals surface area contributed by atoms with Crippen LogP contribution in [0.2, 0.25) is 0 Å². The molecule has 134 valence electrons.